The quantitative estimate of drug-likeness (QED) is 0.887. The number of carbonyl (C=O) groups is 1. The third-order valence-corrected chi connectivity index (χ3v) is 3.39. The summed E-state index contributed by atoms with van der Waals surface area (Å²) in [7, 11) is 0. The predicted octanol–water partition coefficient (Wildman–Crippen LogP) is 2.71. The van der Waals surface area contributed by atoms with Crippen LogP contribution in [0.25, 0.3) is 0 Å². The molecule has 94 valence electrons. The molecule has 1 aromatic carbocycles. The van der Waals surface area contributed by atoms with Gasteiger partial charge in [0, 0.05) is 12.6 Å². The molecule has 1 unspecified atom stereocenters. The van der Waals surface area contributed by atoms with Crippen LogP contribution in [0, 0.1) is 5.92 Å². The van der Waals surface area contributed by atoms with Gasteiger partial charge in [-0.2, -0.15) is 0 Å². The van der Waals surface area contributed by atoms with Crippen molar-refractivity contribution in [1.29, 1.82) is 0 Å². The van der Waals surface area contributed by atoms with Gasteiger partial charge in [0.15, 0.2) is 0 Å². The fourth-order valence-electron chi connectivity index (χ4n) is 1.42. The summed E-state index contributed by atoms with van der Waals surface area (Å²) < 4.78 is 0. The van der Waals surface area contributed by atoms with Crippen LogP contribution in [0.3, 0.4) is 0 Å². The minimum atomic E-state index is -0.248. The van der Waals surface area contributed by atoms with Gasteiger partial charge in [-0.1, -0.05) is 43.1 Å². The minimum absolute atomic E-state index is 0.0717. The molecule has 1 atom stereocenters. The van der Waals surface area contributed by atoms with E-state index in [-0.39, 0.29) is 22.9 Å². The molecule has 0 fully saturated rings. The minimum Gasteiger partial charge on any atom is -0.348 e. The molecule has 0 aromatic heterocycles. The Bertz CT molecular complexity index is 407. The third-order valence-electron chi connectivity index (χ3n) is 2.57. The number of rotatable bonds is 4. The zero-order valence-corrected chi connectivity index (χ0v) is 11.3. The van der Waals surface area contributed by atoms with Crippen molar-refractivity contribution in [2.24, 2.45) is 11.7 Å². The lowest BCUT2D eigenvalue weighted by molar-refractivity contribution is 0.0928. The van der Waals surface area contributed by atoms with E-state index in [9.17, 15) is 4.79 Å². The number of nitrogens with two attached hydrogens (primary N) is 1. The molecule has 0 bridgehead atoms. The number of halogens is 2. The standard InChI is InChI=1S/C12H16Cl2N2O/c1-7(2)10(6-15)16-12(17)8-4-3-5-9(13)11(8)14/h3-5,7,10H,6,15H2,1-2H3,(H,16,17). The Morgan fingerprint density at radius 3 is 2.59 bits per heavy atom. The molecule has 3 N–H and O–H groups in total. The zero-order valence-electron chi connectivity index (χ0n) is 9.84. The van der Waals surface area contributed by atoms with E-state index >= 15 is 0 Å². The summed E-state index contributed by atoms with van der Waals surface area (Å²) in [6, 6.07) is 4.90. The van der Waals surface area contributed by atoms with E-state index in [0.717, 1.165) is 0 Å². The van der Waals surface area contributed by atoms with Crippen LogP contribution in [-0.2, 0) is 0 Å². The van der Waals surface area contributed by atoms with Gasteiger partial charge in [0.1, 0.15) is 0 Å². The van der Waals surface area contributed by atoms with Crippen LogP contribution in [0.1, 0.15) is 24.2 Å². The number of hydrogen-bond acceptors (Lipinski definition) is 2. The maximum Gasteiger partial charge on any atom is 0.253 e. The summed E-state index contributed by atoms with van der Waals surface area (Å²) in [6.07, 6.45) is 0. The Kier molecular flexibility index (Phi) is 5.25. The molecule has 1 amide bonds. The molecule has 17 heavy (non-hydrogen) atoms. The molecule has 1 rings (SSSR count). The van der Waals surface area contributed by atoms with Crippen molar-refractivity contribution in [3.63, 3.8) is 0 Å². The maximum atomic E-state index is 12.0. The first-order valence-electron chi connectivity index (χ1n) is 5.42. The number of amides is 1. The SMILES string of the molecule is CC(C)C(CN)NC(=O)c1cccc(Cl)c1Cl. The summed E-state index contributed by atoms with van der Waals surface area (Å²) >= 11 is 11.8. The summed E-state index contributed by atoms with van der Waals surface area (Å²) in [5.74, 6) is 0.0172. The van der Waals surface area contributed by atoms with E-state index in [0.29, 0.717) is 17.1 Å². The molecular formula is C12H16Cl2N2O. The van der Waals surface area contributed by atoms with Crippen molar-refractivity contribution >= 4 is 29.1 Å². The normalized spacial score (nSPS) is 12.6. The smallest absolute Gasteiger partial charge is 0.253 e. The van der Waals surface area contributed by atoms with E-state index in [2.05, 4.69) is 5.32 Å². The average Bonchev–Trinajstić information content (AvgIpc) is 2.28. The Morgan fingerprint density at radius 2 is 2.06 bits per heavy atom. The maximum absolute atomic E-state index is 12.0. The van der Waals surface area contributed by atoms with Crippen molar-refractivity contribution in [2.75, 3.05) is 6.54 Å². The topological polar surface area (TPSA) is 55.1 Å². The third kappa shape index (κ3) is 3.60. The van der Waals surface area contributed by atoms with Gasteiger partial charge >= 0.3 is 0 Å². The van der Waals surface area contributed by atoms with Gasteiger partial charge in [0.05, 0.1) is 15.6 Å². The van der Waals surface area contributed by atoms with Gasteiger partial charge < -0.3 is 11.1 Å². The molecule has 0 radical (unpaired) electrons. The highest BCUT2D eigenvalue weighted by molar-refractivity contribution is 6.43. The Morgan fingerprint density at radius 1 is 1.41 bits per heavy atom. The first-order chi connectivity index (χ1) is 7.97. The lowest BCUT2D eigenvalue weighted by atomic mass is 10.0. The Hall–Kier alpha value is -0.770. The second-order valence-electron chi connectivity index (χ2n) is 4.16. The Balaban J connectivity index is 2.86. The van der Waals surface area contributed by atoms with Crippen molar-refractivity contribution in [2.45, 2.75) is 19.9 Å². The summed E-state index contributed by atoms with van der Waals surface area (Å²) in [4.78, 5) is 12.0. The van der Waals surface area contributed by atoms with Crippen LogP contribution < -0.4 is 11.1 Å². The number of benzene rings is 1. The lowest BCUT2D eigenvalue weighted by Crippen LogP contribution is -2.43. The number of carbonyl (C=O) groups excluding carboxylic acids is 1. The zero-order chi connectivity index (χ0) is 13.0. The molecule has 0 spiro atoms. The van der Waals surface area contributed by atoms with Crippen LogP contribution in [-0.4, -0.2) is 18.5 Å². The van der Waals surface area contributed by atoms with Gasteiger partial charge in [-0.05, 0) is 18.1 Å². The van der Waals surface area contributed by atoms with Crippen molar-refractivity contribution < 1.29 is 4.79 Å². The van der Waals surface area contributed by atoms with Gasteiger partial charge in [-0.25, -0.2) is 0 Å². The Labute approximate surface area is 111 Å². The van der Waals surface area contributed by atoms with Gasteiger partial charge in [-0.3, -0.25) is 4.79 Å². The van der Waals surface area contributed by atoms with Crippen LogP contribution >= 0.6 is 23.2 Å². The van der Waals surface area contributed by atoms with Crippen LogP contribution in [0.15, 0.2) is 18.2 Å². The van der Waals surface area contributed by atoms with Crippen LogP contribution in [0.4, 0.5) is 0 Å². The monoisotopic (exact) mass is 274 g/mol. The molecule has 5 heteroatoms. The molecule has 0 aliphatic carbocycles. The van der Waals surface area contributed by atoms with E-state index in [4.69, 9.17) is 28.9 Å². The molecule has 0 saturated heterocycles. The fourth-order valence-corrected chi connectivity index (χ4v) is 1.81. The molecule has 0 heterocycles. The second kappa shape index (κ2) is 6.24. The van der Waals surface area contributed by atoms with Crippen molar-refractivity contribution in [1.82, 2.24) is 5.32 Å². The molecule has 1 aromatic rings. The number of hydrogen-bond donors (Lipinski definition) is 2. The van der Waals surface area contributed by atoms with Gasteiger partial charge in [0.25, 0.3) is 5.91 Å². The van der Waals surface area contributed by atoms with E-state index in [1.165, 1.54) is 0 Å². The molecule has 0 saturated carbocycles. The summed E-state index contributed by atoms with van der Waals surface area (Å²) in [5.41, 5.74) is 5.97. The molecule has 0 aliphatic heterocycles. The second-order valence-corrected chi connectivity index (χ2v) is 4.95. The first kappa shape index (κ1) is 14.3. The highest BCUT2D eigenvalue weighted by atomic mass is 35.5. The molecule has 0 aliphatic rings. The molecular weight excluding hydrogens is 259 g/mol. The largest absolute Gasteiger partial charge is 0.348 e. The van der Waals surface area contributed by atoms with Crippen molar-refractivity contribution in [3.8, 4) is 0 Å². The van der Waals surface area contributed by atoms with Gasteiger partial charge in [0.2, 0.25) is 0 Å². The highest BCUT2D eigenvalue weighted by Crippen LogP contribution is 2.25. The summed E-state index contributed by atoms with van der Waals surface area (Å²) in [6.45, 7) is 4.39. The lowest BCUT2D eigenvalue weighted by Gasteiger charge is -2.20. The van der Waals surface area contributed by atoms with E-state index < -0.39 is 0 Å². The van der Waals surface area contributed by atoms with Crippen LogP contribution in [0.2, 0.25) is 10.0 Å². The van der Waals surface area contributed by atoms with Crippen molar-refractivity contribution in [3.05, 3.63) is 33.8 Å². The first-order valence-corrected chi connectivity index (χ1v) is 6.18. The fraction of sp³-hybridized carbons (Fsp3) is 0.417. The average molecular weight is 275 g/mol. The molecule has 3 nitrogen and oxygen atoms in total. The van der Waals surface area contributed by atoms with E-state index in [1.54, 1.807) is 18.2 Å². The summed E-state index contributed by atoms with van der Waals surface area (Å²) in [5, 5.41) is 3.48. The highest BCUT2D eigenvalue weighted by Gasteiger charge is 2.18. The van der Waals surface area contributed by atoms with E-state index in [1.807, 2.05) is 13.8 Å². The predicted molar refractivity (Wildman–Crippen MR) is 71.6 cm³/mol. The van der Waals surface area contributed by atoms with Gasteiger partial charge in [-0.15, -0.1) is 0 Å². The van der Waals surface area contributed by atoms with Crippen LogP contribution in [0.5, 0.6) is 0 Å². The number of nitrogens with one attached hydrogen (secondary N) is 1.